The van der Waals surface area contributed by atoms with Gasteiger partial charge in [-0.25, -0.2) is 13.2 Å². The van der Waals surface area contributed by atoms with E-state index in [1.54, 1.807) is 0 Å². The maximum atomic E-state index is 12.1. The number of nitrogens with one attached hydrogen (secondary N) is 1. The molecule has 0 heterocycles. The fourth-order valence-electron chi connectivity index (χ4n) is 2.87. The summed E-state index contributed by atoms with van der Waals surface area (Å²) < 4.78 is 23.3. The SMILES string of the molecule is CS(=O)(=O)c1cc(NC(=O)CC2CCCCC2)cc(C(=O)O)c1. The van der Waals surface area contributed by atoms with Crippen LogP contribution >= 0.6 is 0 Å². The van der Waals surface area contributed by atoms with Gasteiger partial charge in [-0.1, -0.05) is 19.3 Å². The van der Waals surface area contributed by atoms with Gasteiger partial charge in [0.05, 0.1) is 10.5 Å². The average molecular weight is 339 g/mol. The Labute approximate surface area is 135 Å². The van der Waals surface area contributed by atoms with Crippen molar-refractivity contribution < 1.29 is 23.1 Å². The Morgan fingerprint density at radius 3 is 2.39 bits per heavy atom. The first-order valence-corrected chi connectivity index (χ1v) is 9.53. The minimum absolute atomic E-state index is 0.120. The molecule has 1 aromatic rings. The number of carbonyl (C=O) groups excluding carboxylic acids is 1. The average Bonchev–Trinajstić information content (AvgIpc) is 2.46. The molecule has 2 rings (SSSR count). The number of anilines is 1. The van der Waals surface area contributed by atoms with E-state index in [1.807, 2.05) is 0 Å². The standard InChI is InChI=1S/C16H21NO5S/c1-23(21,22)14-9-12(16(19)20)8-13(10-14)17-15(18)7-11-5-3-2-4-6-11/h8-11H,2-7H2,1H3,(H,17,18)(H,19,20). The molecular formula is C16H21NO5S. The van der Waals surface area contributed by atoms with Gasteiger partial charge in [0.25, 0.3) is 0 Å². The third-order valence-electron chi connectivity index (χ3n) is 4.06. The summed E-state index contributed by atoms with van der Waals surface area (Å²) in [4.78, 5) is 23.1. The molecule has 7 heteroatoms. The van der Waals surface area contributed by atoms with Crippen molar-refractivity contribution in [3.05, 3.63) is 23.8 Å². The molecule has 1 amide bonds. The first-order valence-electron chi connectivity index (χ1n) is 7.64. The summed E-state index contributed by atoms with van der Waals surface area (Å²) in [7, 11) is -3.56. The van der Waals surface area contributed by atoms with Gasteiger partial charge in [0, 0.05) is 18.4 Å². The molecule has 0 aromatic heterocycles. The molecule has 0 unspecified atom stereocenters. The van der Waals surface area contributed by atoms with Gasteiger partial charge in [0.15, 0.2) is 9.84 Å². The van der Waals surface area contributed by atoms with E-state index < -0.39 is 15.8 Å². The summed E-state index contributed by atoms with van der Waals surface area (Å²) in [6, 6.07) is 3.66. The molecule has 0 spiro atoms. The Morgan fingerprint density at radius 2 is 1.83 bits per heavy atom. The largest absolute Gasteiger partial charge is 0.478 e. The van der Waals surface area contributed by atoms with Crippen LogP contribution in [0.2, 0.25) is 0 Å². The second kappa shape index (κ2) is 7.12. The zero-order chi connectivity index (χ0) is 17.0. The maximum absolute atomic E-state index is 12.1. The molecule has 1 fully saturated rings. The molecule has 23 heavy (non-hydrogen) atoms. The number of amides is 1. The van der Waals surface area contributed by atoms with Crippen molar-refractivity contribution >= 4 is 27.4 Å². The predicted octanol–water partition coefficient (Wildman–Crippen LogP) is 2.70. The molecule has 0 radical (unpaired) electrons. The number of carboxylic acids is 1. The van der Waals surface area contributed by atoms with Gasteiger partial charge in [-0.15, -0.1) is 0 Å². The van der Waals surface area contributed by atoms with E-state index >= 15 is 0 Å². The zero-order valence-electron chi connectivity index (χ0n) is 13.0. The number of aromatic carboxylic acids is 1. The lowest BCUT2D eigenvalue weighted by atomic mass is 9.87. The van der Waals surface area contributed by atoms with Gasteiger partial charge >= 0.3 is 5.97 Å². The molecule has 126 valence electrons. The van der Waals surface area contributed by atoms with Gasteiger partial charge < -0.3 is 10.4 Å². The first kappa shape index (κ1) is 17.5. The summed E-state index contributed by atoms with van der Waals surface area (Å²) in [5.74, 6) is -1.10. The van der Waals surface area contributed by atoms with Crippen molar-refractivity contribution in [2.75, 3.05) is 11.6 Å². The molecule has 0 aliphatic heterocycles. The highest BCUT2D eigenvalue weighted by Crippen LogP contribution is 2.27. The van der Waals surface area contributed by atoms with Crippen molar-refractivity contribution in [1.82, 2.24) is 0 Å². The Kier molecular flexibility index (Phi) is 5.41. The quantitative estimate of drug-likeness (QED) is 0.859. The highest BCUT2D eigenvalue weighted by Gasteiger charge is 2.19. The lowest BCUT2D eigenvalue weighted by molar-refractivity contribution is -0.117. The van der Waals surface area contributed by atoms with Crippen LogP contribution in [-0.2, 0) is 14.6 Å². The van der Waals surface area contributed by atoms with Gasteiger partial charge in [0.2, 0.25) is 5.91 Å². The fraction of sp³-hybridized carbons (Fsp3) is 0.500. The minimum Gasteiger partial charge on any atom is -0.478 e. The molecular weight excluding hydrogens is 318 g/mol. The highest BCUT2D eigenvalue weighted by atomic mass is 32.2. The number of benzene rings is 1. The summed E-state index contributed by atoms with van der Waals surface area (Å²) >= 11 is 0. The summed E-state index contributed by atoms with van der Waals surface area (Å²) in [6.07, 6.45) is 6.90. The van der Waals surface area contributed by atoms with E-state index in [0.29, 0.717) is 12.3 Å². The fourth-order valence-corrected chi connectivity index (χ4v) is 3.56. The van der Waals surface area contributed by atoms with E-state index in [9.17, 15) is 18.0 Å². The second-order valence-corrected chi connectivity index (χ2v) is 8.10. The van der Waals surface area contributed by atoms with Crippen LogP contribution in [0.4, 0.5) is 5.69 Å². The van der Waals surface area contributed by atoms with Crippen LogP contribution in [0.3, 0.4) is 0 Å². The van der Waals surface area contributed by atoms with Gasteiger partial charge in [-0.05, 0) is 37.0 Å². The summed E-state index contributed by atoms with van der Waals surface area (Å²) in [6.45, 7) is 0. The van der Waals surface area contributed by atoms with Crippen LogP contribution in [0, 0.1) is 5.92 Å². The Morgan fingerprint density at radius 1 is 1.17 bits per heavy atom. The molecule has 1 aliphatic rings. The van der Waals surface area contributed by atoms with Crippen molar-refractivity contribution in [3.8, 4) is 0 Å². The third kappa shape index (κ3) is 5.06. The lowest BCUT2D eigenvalue weighted by Gasteiger charge is -2.20. The van der Waals surface area contributed by atoms with Gasteiger partial charge in [0.1, 0.15) is 0 Å². The van der Waals surface area contributed by atoms with E-state index in [-0.39, 0.29) is 22.1 Å². The van der Waals surface area contributed by atoms with Gasteiger partial charge in [-0.3, -0.25) is 4.79 Å². The van der Waals surface area contributed by atoms with Crippen LogP contribution in [0.25, 0.3) is 0 Å². The molecule has 1 aromatic carbocycles. The lowest BCUT2D eigenvalue weighted by Crippen LogP contribution is -2.18. The predicted molar refractivity (Wildman–Crippen MR) is 86.3 cm³/mol. The first-order chi connectivity index (χ1) is 10.8. The van der Waals surface area contributed by atoms with Crippen LogP contribution < -0.4 is 5.32 Å². The molecule has 1 saturated carbocycles. The smallest absolute Gasteiger partial charge is 0.335 e. The highest BCUT2D eigenvalue weighted by molar-refractivity contribution is 7.90. The van der Waals surface area contributed by atoms with Crippen molar-refractivity contribution in [3.63, 3.8) is 0 Å². The van der Waals surface area contributed by atoms with E-state index in [0.717, 1.165) is 38.0 Å². The normalized spacial score (nSPS) is 16.0. The number of hydrogen-bond acceptors (Lipinski definition) is 4. The summed E-state index contributed by atoms with van der Waals surface area (Å²) in [5, 5.41) is 11.7. The van der Waals surface area contributed by atoms with Crippen molar-refractivity contribution in [2.24, 2.45) is 5.92 Å². The second-order valence-electron chi connectivity index (χ2n) is 6.08. The van der Waals surface area contributed by atoms with Gasteiger partial charge in [-0.2, -0.15) is 0 Å². The minimum atomic E-state index is -3.56. The number of sulfone groups is 1. The Balaban J connectivity index is 2.16. The maximum Gasteiger partial charge on any atom is 0.335 e. The third-order valence-corrected chi connectivity index (χ3v) is 5.16. The molecule has 6 nitrogen and oxygen atoms in total. The van der Waals surface area contributed by atoms with E-state index in [2.05, 4.69) is 5.32 Å². The zero-order valence-corrected chi connectivity index (χ0v) is 13.9. The van der Waals surface area contributed by atoms with Crippen LogP contribution in [-0.4, -0.2) is 31.7 Å². The summed E-state index contributed by atoms with van der Waals surface area (Å²) in [5.41, 5.74) is 0.0343. The number of hydrogen-bond donors (Lipinski definition) is 2. The van der Waals surface area contributed by atoms with E-state index in [4.69, 9.17) is 5.11 Å². The molecule has 2 N–H and O–H groups in total. The Bertz CT molecular complexity index is 705. The number of rotatable bonds is 5. The van der Waals surface area contributed by atoms with Crippen molar-refractivity contribution in [2.45, 2.75) is 43.4 Å². The number of carbonyl (C=O) groups is 2. The molecule has 1 aliphatic carbocycles. The van der Waals surface area contributed by atoms with Crippen LogP contribution in [0.15, 0.2) is 23.1 Å². The number of carboxylic acid groups (broad SMARTS) is 1. The molecule has 0 saturated heterocycles. The van der Waals surface area contributed by atoms with Crippen molar-refractivity contribution in [1.29, 1.82) is 0 Å². The monoisotopic (exact) mass is 339 g/mol. The van der Waals surface area contributed by atoms with Crippen LogP contribution in [0.1, 0.15) is 48.9 Å². The van der Waals surface area contributed by atoms with Crippen LogP contribution in [0.5, 0.6) is 0 Å². The van der Waals surface area contributed by atoms with E-state index in [1.165, 1.54) is 18.6 Å². The molecule has 0 bridgehead atoms. The topological polar surface area (TPSA) is 101 Å². The molecule has 0 atom stereocenters. The Hall–Kier alpha value is -1.89.